The van der Waals surface area contributed by atoms with Crippen molar-refractivity contribution in [3.05, 3.63) is 77.2 Å². The Morgan fingerprint density at radius 3 is 2.00 bits per heavy atom. The molecule has 0 radical (unpaired) electrons. The fourth-order valence-corrected chi connectivity index (χ4v) is 2.36. The minimum atomic E-state index is 0.778. The predicted molar refractivity (Wildman–Crippen MR) is 71.8 cm³/mol. The number of rotatable bonds is 3. The van der Waals surface area contributed by atoms with Gasteiger partial charge >= 0.3 is 0 Å². The summed E-state index contributed by atoms with van der Waals surface area (Å²) in [6.45, 7) is 2.14. The van der Waals surface area contributed by atoms with Crippen molar-refractivity contribution in [2.75, 3.05) is 0 Å². The van der Waals surface area contributed by atoms with Crippen LogP contribution in [0.25, 0.3) is 0 Å². The van der Waals surface area contributed by atoms with E-state index in [1.165, 1.54) is 35.4 Å². The van der Waals surface area contributed by atoms with Gasteiger partial charge in [-0.15, -0.1) is 0 Å². The van der Waals surface area contributed by atoms with Crippen LogP contribution in [0.4, 0.5) is 0 Å². The SMILES string of the molecule is Cc1ccc([C+](c2ccccc2)C2CC2)cc1. The second-order valence-electron chi connectivity index (χ2n) is 4.92. The molecule has 0 saturated heterocycles. The molecule has 0 aliphatic heterocycles. The van der Waals surface area contributed by atoms with Gasteiger partial charge in [0.05, 0.1) is 11.1 Å². The largest absolute Gasteiger partial charge is 0.0759 e. The first-order valence-corrected chi connectivity index (χ1v) is 6.34. The van der Waals surface area contributed by atoms with Gasteiger partial charge in [0, 0.05) is 36.1 Å². The molecule has 0 bridgehead atoms. The first-order valence-electron chi connectivity index (χ1n) is 6.34. The average Bonchev–Trinajstić information content (AvgIpc) is 3.18. The van der Waals surface area contributed by atoms with Gasteiger partial charge in [-0.2, -0.15) is 0 Å². The van der Waals surface area contributed by atoms with Crippen molar-refractivity contribution in [2.45, 2.75) is 19.8 Å². The van der Waals surface area contributed by atoms with Gasteiger partial charge in [-0.25, -0.2) is 0 Å². The van der Waals surface area contributed by atoms with E-state index in [0.717, 1.165) is 5.92 Å². The lowest BCUT2D eigenvalue weighted by molar-refractivity contribution is 0.906. The first kappa shape index (κ1) is 10.5. The van der Waals surface area contributed by atoms with Gasteiger partial charge in [-0.1, -0.05) is 0 Å². The normalized spacial score (nSPS) is 14.6. The highest BCUT2D eigenvalue weighted by molar-refractivity contribution is 5.48. The minimum absolute atomic E-state index is 0.778. The third-order valence-corrected chi connectivity index (χ3v) is 3.43. The summed E-state index contributed by atoms with van der Waals surface area (Å²) in [6, 6.07) is 19.7. The van der Waals surface area contributed by atoms with Crippen LogP contribution >= 0.6 is 0 Å². The number of hydrogen-bond acceptors (Lipinski definition) is 0. The van der Waals surface area contributed by atoms with E-state index in [-0.39, 0.29) is 0 Å². The quantitative estimate of drug-likeness (QED) is 0.675. The van der Waals surface area contributed by atoms with Crippen molar-refractivity contribution in [2.24, 2.45) is 5.92 Å². The van der Waals surface area contributed by atoms with Crippen LogP contribution in [0, 0.1) is 18.8 Å². The third-order valence-electron chi connectivity index (χ3n) is 3.43. The monoisotopic (exact) mass is 221 g/mol. The fourth-order valence-electron chi connectivity index (χ4n) is 2.36. The van der Waals surface area contributed by atoms with E-state index in [0.29, 0.717) is 0 Å². The maximum atomic E-state index is 2.26. The molecule has 1 aliphatic carbocycles. The zero-order valence-electron chi connectivity index (χ0n) is 10.2. The zero-order valence-corrected chi connectivity index (χ0v) is 10.2. The van der Waals surface area contributed by atoms with E-state index in [9.17, 15) is 0 Å². The van der Waals surface area contributed by atoms with E-state index in [1.54, 1.807) is 0 Å². The molecule has 2 aromatic carbocycles. The molecule has 1 aliphatic rings. The first-order chi connectivity index (χ1) is 8.34. The van der Waals surface area contributed by atoms with Crippen molar-refractivity contribution < 1.29 is 0 Å². The van der Waals surface area contributed by atoms with Crippen molar-refractivity contribution in [3.63, 3.8) is 0 Å². The summed E-state index contributed by atoms with van der Waals surface area (Å²) in [4.78, 5) is 0. The minimum Gasteiger partial charge on any atom is -0.0465 e. The summed E-state index contributed by atoms with van der Waals surface area (Å²) in [5.74, 6) is 2.31. The topological polar surface area (TPSA) is 0 Å². The highest BCUT2D eigenvalue weighted by atomic mass is 14.4. The molecule has 0 spiro atoms. The lowest BCUT2D eigenvalue weighted by Crippen LogP contribution is -2.04. The molecule has 3 rings (SSSR count). The Morgan fingerprint density at radius 1 is 0.824 bits per heavy atom. The molecule has 1 fully saturated rings. The van der Waals surface area contributed by atoms with Crippen molar-refractivity contribution in [1.82, 2.24) is 0 Å². The van der Waals surface area contributed by atoms with Gasteiger partial charge in [0.25, 0.3) is 0 Å². The maximum absolute atomic E-state index is 2.26. The molecule has 84 valence electrons. The molecule has 0 aromatic heterocycles. The predicted octanol–water partition coefficient (Wildman–Crippen LogP) is 4.38. The third kappa shape index (κ3) is 2.21. The van der Waals surface area contributed by atoms with Gasteiger partial charge in [0.2, 0.25) is 0 Å². The van der Waals surface area contributed by atoms with Crippen LogP contribution in [0.1, 0.15) is 29.5 Å². The van der Waals surface area contributed by atoms with E-state index in [2.05, 4.69) is 61.5 Å². The maximum Gasteiger partial charge on any atom is 0.0759 e. The standard InChI is InChI=1S/C17H17/c1-13-7-9-15(10-8-13)17(16-11-12-16)14-5-3-2-4-6-14/h2-10,16H,11-12H2,1H3/q+1. The van der Waals surface area contributed by atoms with Crippen LogP contribution in [0.3, 0.4) is 0 Å². The molecule has 0 unspecified atom stereocenters. The molecule has 0 heteroatoms. The second kappa shape index (κ2) is 4.29. The average molecular weight is 221 g/mol. The van der Waals surface area contributed by atoms with Gasteiger partial charge in [-0.3, -0.25) is 0 Å². The number of aryl methyl sites for hydroxylation is 1. The van der Waals surface area contributed by atoms with Crippen molar-refractivity contribution >= 4 is 0 Å². The summed E-state index contributed by atoms with van der Waals surface area (Å²) in [5, 5.41) is 0. The summed E-state index contributed by atoms with van der Waals surface area (Å²) in [7, 11) is 0. The van der Waals surface area contributed by atoms with E-state index < -0.39 is 0 Å². The molecule has 17 heavy (non-hydrogen) atoms. The molecule has 0 heterocycles. The molecule has 0 N–H and O–H groups in total. The Labute approximate surface area is 103 Å². The van der Waals surface area contributed by atoms with Gasteiger partial charge in [0.1, 0.15) is 0 Å². The lowest BCUT2D eigenvalue weighted by Gasteiger charge is -2.11. The van der Waals surface area contributed by atoms with Crippen LogP contribution in [-0.4, -0.2) is 0 Å². The summed E-state index contributed by atoms with van der Waals surface area (Å²) < 4.78 is 0. The van der Waals surface area contributed by atoms with Crippen LogP contribution in [-0.2, 0) is 0 Å². The van der Waals surface area contributed by atoms with E-state index in [4.69, 9.17) is 0 Å². The summed E-state index contributed by atoms with van der Waals surface area (Å²) in [5.41, 5.74) is 4.11. The van der Waals surface area contributed by atoms with Crippen LogP contribution in [0.2, 0.25) is 0 Å². The van der Waals surface area contributed by atoms with Crippen LogP contribution in [0.15, 0.2) is 54.6 Å². The lowest BCUT2D eigenvalue weighted by atomic mass is 9.87. The molecule has 2 aromatic rings. The van der Waals surface area contributed by atoms with Gasteiger partial charge < -0.3 is 0 Å². The summed E-state index contributed by atoms with van der Waals surface area (Å²) in [6.07, 6.45) is 2.69. The second-order valence-corrected chi connectivity index (χ2v) is 4.92. The van der Waals surface area contributed by atoms with Crippen LogP contribution in [0.5, 0.6) is 0 Å². The Balaban J connectivity index is 1.98. The molecule has 0 atom stereocenters. The molecule has 0 nitrogen and oxygen atoms in total. The molecular weight excluding hydrogens is 204 g/mol. The Bertz CT molecular complexity index is 477. The van der Waals surface area contributed by atoms with Crippen molar-refractivity contribution in [3.8, 4) is 0 Å². The van der Waals surface area contributed by atoms with Gasteiger partial charge in [0.15, 0.2) is 0 Å². The fraction of sp³-hybridized carbons (Fsp3) is 0.235. The molecule has 0 amide bonds. The van der Waals surface area contributed by atoms with E-state index >= 15 is 0 Å². The smallest absolute Gasteiger partial charge is 0.0465 e. The highest BCUT2D eigenvalue weighted by Crippen LogP contribution is 2.45. The van der Waals surface area contributed by atoms with Gasteiger partial charge in [-0.05, 0) is 55.7 Å². The summed E-state index contributed by atoms with van der Waals surface area (Å²) >= 11 is 0. The van der Waals surface area contributed by atoms with Crippen molar-refractivity contribution in [1.29, 1.82) is 0 Å². The molecule has 1 saturated carbocycles. The number of benzene rings is 2. The Kier molecular flexibility index (Phi) is 2.64. The molecular formula is C17H17+. The number of hydrogen-bond donors (Lipinski definition) is 0. The highest BCUT2D eigenvalue weighted by Gasteiger charge is 2.37. The Hall–Kier alpha value is -1.69. The Morgan fingerprint density at radius 2 is 1.41 bits per heavy atom. The van der Waals surface area contributed by atoms with E-state index in [1.807, 2.05) is 0 Å². The van der Waals surface area contributed by atoms with Crippen LogP contribution < -0.4 is 0 Å². The zero-order chi connectivity index (χ0) is 11.7.